The van der Waals surface area contributed by atoms with Crippen LogP contribution in [-0.4, -0.2) is 59.0 Å². The Morgan fingerprint density at radius 3 is 2.70 bits per heavy atom. The first-order valence-corrected chi connectivity index (χ1v) is 10.6. The number of sulfonamides is 1. The van der Waals surface area contributed by atoms with Crippen molar-refractivity contribution < 1.29 is 18.3 Å². The van der Waals surface area contributed by atoms with E-state index in [0.717, 1.165) is 18.4 Å². The fourth-order valence-corrected chi connectivity index (χ4v) is 4.85. The molecule has 0 radical (unpaired) electrons. The van der Waals surface area contributed by atoms with Crippen molar-refractivity contribution in [2.24, 2.45) is 7.05 Å². The highest BCUT2D eigenvalue weighted by Gasteiger charge is 2.27. The Morgan fingerprint density at radius 1 is 1.33 bits per heavy atom. The summed E-state index contributed by atoms with van der Waals surface area (Å²) in [4.78, 5) is 16.7. The molecule has 0 aliphatic carbocycles. The Balaban J connectivity index is 1.79. The Bertz CT molecular complexity index is 932. The van der Waals surface area contributed by atoms with Gasteiger partial charge in [-0.2, -0.15) is 4.31 Å². The summed E-state index contributed by atoms with van der Waals surface area (Å²) in [5.74, 6) is 0.563. The zero-order chi connectivity index (χ0) is 19.6. The summed E-state index contributed by atoms with van der Waals surface area (Å²) in [6.07, 6.45) is 2.47. The molecule has 1 saturated heterocycles. The molecule has 8 nitrogen and oxygen atoms in total. The third kappa shape index (κ3) is 4.15. The molecule has 0 bridgehead atoms. The first-order valence-electron chi connectivity index (χ1n) is 9.18. The minimum atomic E-state index is -3.48. The third-order valence-electron chi connectivity index (χ3n) is 4.90. The number of aliphatic hydroxyl groups excluding tert-OH is 1. The smallest absolute Gasteiger partial charge is 0.243 e. The Kier molecular flexibility index (Phi) is 5.83. The van der Waals surface area contributed by atoms with Gasteiger partial charge in [-0.1, -0.05) is 0 Å². The molecule has 1 aromatic carbocycles. The summed E-state index contributed by atoms with van der Waals surface area (Å²) in [6, 6.07) is 4.72. The van der Waals surface area contributed by atoms with Gasteiger partial charge in [0.1, 0.15) is 5.82 Å². The van der Waals surface area contributed by atoms with Gasteiger partial charge in [0.05, 0.1) is 22.5 Å². The molecule has 0 spiro atoms. The second kappa shape index (κ2) is 7.95. The minimum Gasteiger partial charge on any atom is -0.394 e. The second-order valence-electron chi connectivity index (χ2n) is 7.00. The molecular formula is C18H26N4O4S. The molecule has 2 aromatic rings. The van der Waals surface area contributed by atoms with Crippen LogP contribution in [0.4, 0.5) is 0 Å². The van der Waals surface area contributed by atoms with Crippen molar-refractivity contribution in [2.45, 2.75) is 43.5 Å². The molecule has 148 valence electrons. The summed E-state index contributed by atoms with van der Waals surface area (Å²) in [6.45, 7) is 2.76. The normalized spacial score (nSPS) is 16.7. The third-order valence-corrected chi connectivity index (χ3v) is 6.80. The highest BCUT2D eigenvalue weighted by Crippen LogP contribution is 2.25. The molecule has 1 aliphatic heterocycles. The Hall–Kier alpha value is -1.97. The number of aromatic nitrogens is 2. The number of fused-ring (bicyclic) bond motifs is 1. The van der Waals surface area contributed by atoms with E-state index in [4.69, 9.17) is 5.11 Å². The lowest BCUT2D eigenvalue weighted by molar-refractivity contribution is -0.121. The molecule has 1 unspecified atom stereocenters. The van der Waals surface area contributed by atoms with Gasteiger partial charge in [-0.05, 0) is 38.0 Å². The Morgan fingerprint density at radius 2 is 2.04 bits per heavy atom. The number of hydrogen-bond donors (Lipinski definition) is 2. The predicted molar refractivity (Wildman–Crippen MR) is 102 cm³/mol. The van der Waals surface area contributed by atoms with Gasteiger partial charge in [0.2, 0.25) is 15.9 Å². The number of imidazole rings is 1. The van der Waals surface area contributed by atoms with E-state index in [-0.39, 0.29) is 29.9 Å². The second-order valence-corrected chi connectivity index (χ2v) is 8.94. The van der Waals surface area contributed by atoms with E-state index < -0.39 is 10.0 Å². The van der Waals surface area contributed by atoms with Crippen LogP contribution >= 0.6 is 0 Å². The van der Waals surface area contributed by atoms with Gasteiger partial charge in [-0.25, -0.2) is 13.4 Å². The fourth-order valence-electron chi connectivity index (χ4n) is 3.31. The van der Waals surface area contributed by atoms with E-state index in [0.29, 0.717) is 30.9 Å². The van der Waals surface area contributed by atoms with Crippen molar-refractivity contribution in [3.05, 3.63) is 24.0 Å². The molecule has 1 amide bonds. The molecule has 0 saturated carbocycles. The maximum atomic E-state index is 12.7. The van der Waals surface area contributed by atoms with Crippen LogP contribution in [0.5, 0.6) is 0 Å². The number of aliphatic hydroxyl groups is 1. The maximum Gasteiger partial charge on any atom is 0.243 e. The van der Waals surface area contributed by atoms with Crippen LogP contribution in [-0.2, 0) is 28.3 Å². The highest BCUT2D eigenvalue weighted by atomic mass is 32.2. The zero-order valence-electron chi connectivity index (χ0n) is 15.7. The molecule has 1 fully saturated rings. The van der Waals surface area contributed by atoms with Gasteiger partial charge in [0, 0.05) is 39.0 Å². The number of hydrogen-bond acceptors (Lipinski definition) is 5. The van der Waals surface area contributed by atoms with Crippen LogP contribution in [0.25, 0.3) is 11.0 Å². The van der Waals surface area contributed by atoms with Crippen molar-refractivity contribution >= 4 is 27.0 Å². The van der Waals surface area contributed by atoms with Crippen molar-refractivity contribution in [3.63, 3.8) is 0 Å². The quantitative estimate of drug-likeness (QED) is 0.722. The molecule has 1 aromatic heterocycles. The summed E-state index contributed by atoms with van der Waals surface area (Å²) in [7, 11) is -1.62. The van der Waals surface area contributed by atoms with Gasteiger partial charge in [-0.15, -0.1) is 0 Å². The van der Waals surface area contributed by atoms with Crippen molar-refractivity contribution in [2.75, 3.05) is 19.7 Å². The van der Waals surface area contributed by atoms with E-state index in [2.05, 4.69) is 10.3 Å². The van der Waals surface area contributed by atoms with E-state index in [1.54, 1.807) is 25.1 Å². The molecular weight excluding hydrogens is 368 g/mol. The van der Waals surface area contributed by atoms with Crippen LogP contribution in [0, 0.1) is 0 Å². The topological polar surface area (TPSA) is 105 Å². The average molecular weight is 394 g/mol. The Labute approximate surface area is 159 Å². The lowest BCUT2D eigenvalue weighted by Crippen LogP contribution is -2.35. The van der Waals surface area contributed by atoms with Gasteiger partial charge in [0.15, 0.2) is 0 Å². The number of nitrogens with one attached hydrogen (secondary N) is 1. The summed E-state index contributed by atoms with van der Waals surface area (Å²) in [5, 5.41) is 11.7. The molecule has 2 heterocycles. The minimum absolute atomic E-state index is 0.105. The zero-order valence-corrected chi connectivity index (χ0v) is 16.5. The highest BCUT2D eigenvalue weighted by molar-refractivity contribution is 7.89. The average Bonchev–Trinajstić information content (AvgIpc) is 3.28. The van der Waals surface area contributed by atoms with E-state index in [9.17, 15) is 13.2 Å². The summed E-state index contributed by atoms with van der Waals surface area (Å²) < 4.78 is 28.9. The van der Waals surface area contributed by atoms with Crippen molar-refractivity contribution in [1.82, 2.24) is 19.2 Å². The van der Waals surface area contributed by atoms with Crippen molar-refractivity contribution in [3.8, 4) is 0 Å². The molecule has 9 heteroatoms. The predicted octanol–water partition coefficient (Wildman–Crippen LogP) is 0.787. The molecule has 27 heavy (non-hydrogen) atoms. The van der Waals surface area contributed by atoms with Crippen LogP contribution in [0.2, 0.25) is 0 Å². The maximum absolute atomic E-state index is 12.7. The fraction of sp³-hybridized carbons (Fsp3) is 0.556. The van der Waals surface area contributed by atoms with Crippen LogP contribution in [0.3, 0.4) is 0 Å². The first kappa shape index (κ1) is 19.8. The number of nitrogens with zero attached hydrogens (tertiary/aromatic N) is 3. The van der Waals surface area contributed by atoms with Crippen LogP contribution in [0.15, 0.2) is 23.1 Å². The van der Waals surface area contributed by atoms with Crippen molar-refractivity contribution in [1.29, 1.82) is 0 Å². The number of aryl methyl sites for hydroxylation is 2. The SMILES string of the molecule is CC(CO)NC(=O)CCc1nc2cc(S(=O)(=O)N3CCCC3)ccc2n1C. The number of benzene rings is 1. The van der Waals surface area contributed by atoms with Crippen LogP contribution in [0.1, 0.15) is 32.0 Å². The van der Waals surface area contributed by atoms with Gasteiger partial charge in [-0.3, -0.25) is 4.79 Å². The monoisotopic (exact) mass is 394 g/mol. The lowest BCUT2D eigenvalue weighted by Gasteiger charge is -2.15. The molecule has 1 atom stereocenters. The van der Waals surface area contributed by atoms with Gasteiger partial charge < -0.3 is 15.0 Å². The number of rotatable bonds is 7. The molecule has 1 aliphatic rings. The van der Waals surface area contributed by atoms with E-state index in [1.807, 2.05) is 11.6 Å². The molecule has 2 N–H and O–H groups in total. The first-order chi connectivity index (χ1) is 12.8. The summed E-state index contributed by atoms with van der Waals surface area (Å²) >= 11 is 0. The number of amides is 1. The van der Waals surface area contributed by atoms with Gasteiger partial charge in [0.25, 0.3) is 0 Å². The lowest BCUT2D eigenvalue weighted by atomic mass is 10.2. The molecule has 3 rings (SSSR count). The number of carbonyl (C=O) groups is 1. The van der Waals surface area contributed by atoms with Crippen LogP contribution < -0.4 is 5.32 Å². The summed E-state index contributed by atoms with van der Waals surface area (Å²) in [5.41, 5.74) is 1.44. The van der Waals surface area contributed by atoms with E-state index >= 15 is 0 Å². The van der Waals surface area contributed by atoms with Gasteiger partial charge >= 0.3 is 0 Å². The standard InChI is InChI=1S/C18H26N4O4S/c1-13(12-23)19-18(24)8-7-17-20-15-11-14(5-6-16(15)21(17)2)27(25,26)22-9-3-4-10-22/h5-6,11,13,23H,3-4,7-10,12H2,1-2H3,(H,19,24). The largest absolute Gasteiger partial charge is 0.394 e. The number of carbonyl (C=O) groups excluding carboxylic acids is 1. The van der Waals surface area contributed by atoms with E-state index in [1.165, 1.54) is 4.31 Å².